The smallest absolute Gasteiger partial charge is 0.116 e. The van der Waals surface area contributed by atoms with Gasteiger partial charge in [-0.2, -0.15) is 0 Å². The Kier molecular flexibility index (Phi) is 6.03. The van der Waals surface area contributed by atoms with E-state index in [4.69, 9.17) is 0 Å². The minimum atomic E-state index is -0.241. The normalized spacial score (nSPS) is 16.9. The second-order valence-corrected chi connectivity index (χ2v) is 13.3. The van der Waals surface area contributed by atoms with Crippen LogP contribution in [0, 0.1) is 0 Å². The molecule has 3 heterocycles. The number of allylic oxidation sites excluding steroid dienone is 2. The van der Waals surface area contributed by atoms with Crippen LogP contribution >= 0.6 is 0 Å². The van der Waals surface area contributed by atoms with Gasteiger partial charge in [0.25, 0.3) is 0 Å². The van der Waals surface area contributed by atoms with Gasteiger partial charge in [-0.15, -0.1) is 0 Å². The predicted molar refractivity (Wildman–Crippen MR) is 203 cm³/mol. The molecule has 1 unspecified atom stereocenters. The molecule has 0 fully saturated rings. The van der Waals surface area contributed by atoms with E-state index in [1.54, 1.807) is 6.33 Å². The van der Waals surface area contributed by atoms with E-state index in [0.717, 1.165) is 28.9 Å². The van der Waals surface area contributed by atoms with Crippen molar-refractivity contribution >= 4 is 55.0 Å². The van der Waals surface area contributed by atoms with Crippen molar-refractivity contribution in [3.8, 4) is 16.9 Å². The van der Waals surface area contributed by atoms with Crippen molar-refractivity contribution in [1.29, 1.82) is 0 Å². The highest BCUT2D eigenvalue weighted by atomic mass is 15.2. The summed E-state index contributed by atoms with van der Waals surface area (Å²) in [4.78, 5) is 11.7. The predicted octanol–water partition coefficient (Wildman–Crippen LogP) is 11.2. The van der Waals surface area contributed by atoms with E-state index in [1.807, 2.05) is 24.4 Å². The minimum Gasteiger partial charge on any atom is -0.330 e. The number of benzene rings is 6. The lowest BCUT2D eigenvalue weighted by atomic mass is 9.79. The Morgan fingerprint density at radius 3 is 2.29 bits per heavy atom. The Hall–Kier alpha value is -6.26. The van der Waals surface area contributed by atoms with Crippen LogP contribution in [-0.4, -0.2) is 20.1 Å². The van der Waals surface area contributed by atoms with Crippen LogP contribution in [-0.2, 0) is 0 Å². The highest BCUT2D eigenvalue weighted by Crippen LogP contribution is 2.58. The van der Waals surface area contributed by atoms with Crippen molar-refractivity contribution in [2.75, 3.05) is 4.90 Å². The van der Waals surface area contributed by atoms with Crippen LogP contribution in [0.2, 0.25) is 0 Å². The molecule has 10 rings (SSSR count). The highest BCUT2D eigenvalue weighted by Gasteiger charge is 2.46. The summed E-state index contributed by atoms with van der Waals surface area (Å²) in [5.74, 6) is 0. The van der Waals surface area contributed by atoms with Gasteiger partial charge in [0.1, 0.15) is 6.33 Å². The quantitative estimate of drug-likeness (QED) is 0.194. The number of rotatable bonds is 4. The molecule has 1 atom stereocenters. The van der Waals surface area contributed by atoms with E-state index < -0.39 is 0 Å². The summed E-state index contributed by atoms with van der Waals surface area (Å²) in [5, 5.41) is 6.28. The van der Waals surface area contributed by atoms with Gasteiger partial charge in [-0.3, -0.25) is 0 Å². The second kappa shape index (κ2) is 10.6. The van der Waals surface area contributed by atoms with Gasteiger partial charge >= 0.3 is 0 Å². The third-order valence-electron chi connectivity index (χ3n) is 10.5. The highest BCUT2D eigenvalue weighted by molar-refractivity contribution is 6.12. The molecule has 0 saturated heterocycles. The lowest BCUT2D eigenvalue weighted by Gasteiger charge is -2.40. The lowest BCUT2D eigenvalue weighted by molar-refractivity contribution is 0.610. The number of nitrogens with zero attached hydrogens (tertiary/aromatic N) is 4. The zero-order valence-corrected chi connectivity index (χ0v) is 27.1. The van der Waals surface area contributed by atoms with Crippen LogP contribution < -0.4 is 4.90 Å². The molecule has 0 bridgehead atoms. The van der Waals surface area contributed by atoms with Gasteiger partial charge in [0.05, 0.1) is 34.3 Å². The van der Waals surface area contributed by atoms with Crippen LogP contribution in [0.5, 0.6) is 0 Å². The Morgan fingerprint density at radius 2 is 1.41 bits per heavy atom. The Bertz CT molecular complexity index is 2660. The molecule has 4 heteroatoms. The van der Waals surface area contributed by atoms with Gasteiger partial charge in [0, 0.05) is 33.8 Å². The Labute approximate surface area is 284 Å². The summed E-state index contributed by atoms with van der Waals surface area (Å²) in [6.07, 6.45) is 11.4. The molecule has 0 saturated carbocycles. The van der Waals surface area contributed by atoms with Crippen molar-refractivity contribution in [2.45, 2.75) is 18.9 Å². The molecule has 6 aromatic carbocycles. The SMILES string of the molecule is CC12CC=C(c3ccc4c(ccn4-c4cncnc4-c4ccccc4)c3)C=C1c1c(ccc3ccccc13)N2c1cccc2ccccc12. The fraction of sp³-hybridized carbons (Fsp3) is 0.0667. The van der Waals surface area contributed by atoms with E-state index in [1.165, 1.54) is 60.6 Å². The minimum absolute atomic E-state index is 0.241. The lowest BCUT2D eigenvalue weighted by Crippen LogP contribution is -2.40. The van der Waals surface area contributed by atoms with Gasteiger partial charge in [-0.05, 0) is 82.6 Å². The first-order valence-electron chi connectivity index (χ1n) is 16.9. The topological polar surface area (TPSA) is 34.0 Å². The van der Waals surface area contributed by atoms with Gasteiger partial charge in [-0.1, -0.05) is 109 Å². The molecule has 4 nitrogen and oxygen atoms in total. The summed E-state index contributed by atoms with van der Waals surface area (Å²) in [6, 6.07) is 48.2. The summed E-state index contributed by atoms with van der Waals surface area (Å²) in [5.41, 5.74) is 11.5. The number of hydrogen-bond acceptors (Lipinski definition) is 3. The maximum atomic E-state index is 4.67. The molecule has 0 spiro atoms. The molecule has 1 aliphatic heterocycles. The third-order valence-corrected chi connectivity index (χ3v) is 10.5. The molecule has 1 aliphatic carbocycles. The molecule has 0 N–H and O–H groups in total. The van der Waals surface area contributed by atoms with Crippen molar-refractivity contribution in [3.05, 3.63) is 175 Å². The van der Waals surface area contributed by atoms with Crippen LogP contribution in [0.3, 0.4) is 0 Å². The Balaban J connectivity index is 1.11. The fourth-order valence-electron chi connectivity index (χ4n) is 8.19. The standard InChI is InChI=1S/C45H32N4/c1-45-24-22-34(33-19-20-39-35(26-33)23-25-48(39)42-28-46-29-47-44(42)32-12-3-2-4-13-32)27-38(45)43-37-16-8-6-11-31(37)18-21-41(43)49(45)40-17-9-14-30-10-5-7-15-36(30)40/h2-23,25-29H,24H2,1H3. The third kappa shape index (κ3) is 4.17. The van der Waals surface area contributed by atoms with Gasteiger partial charge in [-0.25, -0.2) is 9.97 Å². The molecule has 8 aromatic rings. The van der Waals surface area contributed by atoms with Crippen molar-refractivity contribution < 1.29 is 0 Å². The first-order chi connectivity index (χ1) is 24.2. The summed E-state index contributed by atoms with van der Waals surface area (Å²) in [6.45, 7) is 2.41. The second-order valence-electron chi connectivity index (χ2n) is 13.3. The average Bonchev–Trinajstić information content (AvgIpc) is 3.70. The maximum absolute atomic E-state index is 4.67. The molecule has 0 amide bonds. The largest absolute Gasteiger partial charge is 0.330 e. The zero-order chi connectivity index (χ0) is 32.5. The molecule has 2 aliphatic rings. The summed E-state index contributed by atoms with van der Waals surface area (Å²) < 4.78 is 2.20. The summed E-state index contributed by atoms with van der Waals surface area (Å²) in [7, 11) is 0. The van der Waals surface area contributed by atoms with Crippen LogP contribution in [0.25, 0.3) is 60.5 Å². The van der Waals surface area contributed by atoms with Crippen molar-refractivity contribution in [2.24, 2.45) is 0 Å². The molecule has 2 aromatic heterocycles. The van der Waals surface area contributed by atoms with E-state index >= 15 is 0 Å². The molecular formula is C45H32N4. The zero-order valence-electron chi connectivity index (χ0n) is 27.1. The maximum Gasteiger partial charge on any atom is 0.116 e. The average molecular weight is 629 g/mol. The molecule has 0 radical (unpaired) electrons. The number of anilines is 2. The monoisotopic (exact) mass is 628 g/mol. The fourth-order valence-corrected chi connectivity index (χ4v) is 8.19. The number of hydrogen-bond donors (Lipinski definition) is 0. The van der Waals surface area contributed by atoms with Crippen LogP contribution in [0.4, 0.5) is 11.4 Å². The first kappa shape index (κ1) is 27.8. The van der Waals surface area contributed by atoms with E-state index in [2.05, 4.69) is 160 Å². The van der Waals surface area contributed by atoms with E-state index in [0.29, 0.717) is 0 Å². The first-order valence-corrected chi connectivity index (χ1v) is 16.9. The number of aromatic nitrogens is 3. The van der Waals surface area contributed by atoms with Gasteiger partial charge < -0.3 is 9.47 Å². The van der Waals surface area contributed by atoms with Crippen LogP contribution in [0.15, 0.2) is 164 Å². The molecular weight excluding hydrogens is 597 g/mol. The molecule has 232 valence electrons. The van der Waals surface area contributed by atoms with Crippen molar-refractivity contribution in [3.63, 3.8) is 0 Å². The van der Waals surface area contributed by atoms with E-state index in [9.17, 15) is 0 Å². The molecule has 49 heavy (non-hydrogen) atoms. The van der Waals surface area contributed by atoms with E-state index in [-0.39, 0.29) is 5.54 Å². The van der Waals surface area contributed by atoms with Crippen LogP contribution in [0.1, 0.15) is 24.5 Å². The van der Waals surface area contributed by atoms with Crippen molar-refractivity contribution in [1.82, 2.24) is 14.5 Å². The van der Waals surface area contributed by atoms with Gasteiger partial charge in [0.15, 0.2) is 0 Å². The van der Waals surface area contributed by atoms with Gasteiger partial charge in [0.2, 0.25) is 0 Å². The number of fused-ring (bicyclic) bond motifs is 7. The summed E-state index contributed by atoms with van der Waals surface area (Å²) >= 11 is 0. The Morgan fingerprint density at radius 1 is 0.633 bits per heavy atom.